The maximum atomic E-state index is 15.1. The fourth-order valence-electron chi connectivity index (χ4n) is 7.81. The summed E-state index contributed by atoms with van der Waals surface area (Å²) < 4.78 is 130. The minimum Gasteiger partial charge on any atom is -0.481 e. The molecule has 1 N–H and O–H groups in total. The highest BCUT2D eigenvalue weighted by atomic mass is 35.5. The van der Waals surface area contributed by atoms with Gasteiger partial charge in [-0.3, -0.25) is 9.59 Å². The van der Waals surface area contributed by atoms with Crippen LogP contribution in [-0.2, 0) is 41.0 Å². The van der Waals surface area contributed by atoms with Gasteiger partial charge in [0.15, 0.2) is 9.84 Å². The molecule has 4 fully saturated rings. The highest BCUT2D eigenvalue weighted by molar-refractivity contribution is 7.92. The number of amides is 1. The van der Waals surface area contributed by atoms with E-state index in [4.69, 9.17) is 16.3 Å². The number of rotatable bonds is 5. The fourth-order valence-corrected chi connectivity index (χ4v) is 10.3. The zero-order valence-corrected chi connectivity index (χ0v) is 25.4. The van der Waals surface area contributed by atoms with E-state index < -0.39 is 67.1 Å². The van der Waals surface area contributed by atoms with Crippen LogP contribution in [0, 0.1) is 5.41 Å². The highest BCUT2D eigenvalue weighted by Gasteiger charge is 2.74. The van der Waals surface area contributed by atoms with E-state index in [0.29, 0.717) is 12.1 Å². The Morgan fingerprint density at radius 3 is 2.04 bits per heavy atom. The highest BCUT2D eigenvalue weighted by Crippen LogP contribution is 2.58. The molecule has 0 aromatic heterocycles. The number of hydrogen-bond donors (Lipinski definition) is 1. The standard InChI is InChI=1S/C30H27ClF7NO6S/c31-19-3-5-20(6-4-19)46(43,44)27-13-14-39(23(40)26-11-9-25(10-12-26,16-45-26)24(41)42)22(27)8-1-17-15-18(2-7-21(17)27)28(32,29(33,34)35)30(36,37)38/h2-7,15,22H,1,8-14,16H2,(H,41,42). The van der Waals surface area contributed by atoms with Gasteiger partial charge in [-0.15, -0.1) is 0 Å². The second-order valence-electron chi connectivity index (χ2n) is 12.5. The molecule has 250 valence electrons. The van der Waals surface area contributed by atoms with Gasteiger partial charge in [0, 0.05) is 17.1 Å². The van der Waals surface area contributed by atoms with Crippen molar-refractivity contribution >= 4 is 33.3 Å². The Balaban J connectivity index is 1.47. The summed E-state index contributed by atoms with van der Waals surface area (Å²) in [5, 5.41) is 9.90. The van der Waals surface area contributed by atoms with Gasteiger partial charge in [0.05, 0.1) is 23.0 Å². The molecule has 2 atom stereocenters. The first-order chi connectivity index (χ1) is 21.3. The van der Waals surface area contributed by atoms with Gasteiger partial charge in [-0.05, 0) is 80.3 Å². The summed E-state index contributed by atoms with van der Waals surface area (Å²) in [6, 6.07) is 5.44. The number of benzene rings is 2. The molecule has 1 amide bonds. The van der Waals surface area contributed by atoms with Gasteiger partial charge in [-0.1, -0.05) is 29.8 Å². The van der Waals surface area contributed by atoms with E-state index in [9.17, 15) is 49.5 Å². The third-order valence-electron chi connectivity index (χ3n) is 10.4. The van der Waals surface area contributed by atoms with Crippen LogP contribution in [0.5, 0.6) is 0 Å². The molecular weight excluding hydrogens is 671 g/mol. The molecule has 2 bridgehead atoms. The van der Waals surface area contributed by atoms with Crippen molar-refractivity contribution < 1.29 is 58.6 Å². The van der Waals surface area contributed by atoms with Crippen molar-refractivity contribution in [2.24, 2.45) is 5.41 Å². The van der Waals surface area contributed by atoms with Crippen molar-refractivity contribution in [3.8, 4) is 0 Å². The summed E-state index contributed by atoms with van der Waals surface area (Å²) in [5.41, 5.74) is -10.3. The number of aliphatic carboxylic acids is 1. The molecule has 46 heavy (non-hydrogen) atoms. The summed E-state index contributed by atoms with van der Waals surface area (Å²) in [6.45, 7) is -0.360. The number of alkyl halides is 7. The van der Waals surface area contributed by atoms with Crippen LogP contribution in [0.4, 0.5) is 30.7 Å². The number of hydrogen-bond acceptors (Lipinski definition) is 5. The molecule has 7 nitrogen and oxygen atoms in total. The minimum absolute atomic E-state index is 0.0751. The summed E-state index contributed by atoms with van der Waals surface area (Å²) in [4.78, 5) is 27.2. The van der Waals surface area contributed by atoms with Crippen molar-refractivity contribution in [3.63, 3.8) is 0 Å². The molecule has 2 unspecified atom stereocenters. The lowest BCUT2D eigenvalue weighted by atomic mass is 9.65. The number of carboxylic acid groups (broad SMARTS) is 1. The van der Waals surface area contributed by atoms with Gasteiger partial charge in [0.2, 0.25) is 0 Å². The third kappa shape index (κ3) is 4.36. The topological polar surface area (TPSA) is 101 Å². The number of ether oxygens (including phenoxy) is 1. The predicted molar refractivity (Wildman–Crippen MR) is 147 cm³/mol. The van der Waals surface area contributed by atoms with Crippen molar-refractivity contribution in [3.05, 3.63) is 64.2 Å². The molecular formula is C30H27ClF7NO6S. The Morgan fingerprint density at radius 1 is 0.913 bits per heavy atom. The van der Waals surface area contributed by atoms with E-state index in [0.717, 1.165) is 6.07 Å². The molecule has 3 aliphatic heterocycles. The van der Waals surface area contributed by atoms with E-state index in [1.807, 2.05) is 0 Å². The number of nitrogens with zero attached hydrogens (tertiary/aromatic N) is 1. The Kier molecular flexibility index (Phi) is 7.39. The van der Waals surface area contributed by atoms with E-state index in [2.05, 4.69) is 0 Å². The summed E-state index contributed by atoms with van der Waals surface area (Å²) >= 11 is 5.97. The average molecular weight is 698 g/mol. The second-order valence-corrected chi connectivity index (χ2v) is 15.2. The Bertz CT molecular complexity index is 1670. The van der Waals surface area contributed by atoms with E-state index >= 15 is 4.39 Å². The number of fused-ring (bicyclic) bond motifs is 6. The quantitative estimate of drug-likeness (QED) is 0.371. The molecule has 16 heteroatoms. The van der Waals surface area contributed by atoms with Crippen LogP contribution >= 0.6 is 11.6 Å². The number of halogens is 8. The Hall–Kier alpha value is -2.91. The number of aryl methyl sites for hydroxylation is 1. The van der Waals surface area contributed by atoms with Gasteiger partial charge in [-0.25, -0.2) is 12.8 Å². The molecule has 5 aliphatic rings. The number of likely N-dealkylation sites (tertiary alicyclic amines) is 1. The number of carbonyl (C=O) groups is 2. The van der Waals surface area contributed by atoms with Crippen molar-refractivity contribution in [2.75, 3.05) is 13.2 Å². The SMILES string of the molecule is O=C(O)C12CCC(C(=O)N3CCC4(S(=O)(=O)c5ccc(Cl)cc5)c5ccc(C(F)(C(F)(F)F)C(F)(F)F)cc5CCC34)(CC1)OC2. The monoisotopic (exact) mass is 697 g/mol. The maximum Gasteiger partial charge on any atom is 0.435 e. The lowest BCUT2D eigenvalue weighted by molar-refractivity contribution is -0.348. The first-order valence-corrected chi connectivity index (χ1v) is 16.3. The largest absolute Gasteiger partial charge is 0.481 e. The number of carboxylic acids is 1. The normalized spacial score (nSPS) is 29.7. The van der Waals surface area contributed by atoms with Gasteiger partial charge in [0.25, 0.3) is 5.91 Å². The summed E-state index contributed by atoms with van der Waals surface area (Å²) in [5.74, 6) is -1.60. The summed E-state index contributed by atoms with van der Waals surface area (Å²) in [7, 11) is -4.54. The van der Waals surface area contributed by atoms with E-state index in [-0.39, 0.29) is 79.1 Å². The van der Waals surface area contributed by atoms with Gasteiger partial charge in [0.1, 0.15) is 10.3 Å². The Labute approximate surface area is 263 Å². The van der Waals surface area contributed by atoms with Gasteiger partial charge in [-0.2, -0.15) is 26.3 Å². The molecule has 1 saturated carbocycles. The number of carbonyl (C=O) groups excluding carboxylic acids is 1. The third-order valence-corrected chi connectivity index (χ3v) is 13.2. The zero-order valence-electron chi connectivity index (χ0n) is 23.9. The molecule has 7 rings (SSSR count). The van der Waals surface area contributed by atoms with Crippen molar-refractivity contribution in [1.82, 2.24) is 4.90 Å². The van der Waals surface area contributed by atoms with Crippen molar-refractivity contribution in [2.45, 2.75) is 84.3 Å². The van der Waals surface area contributed by atoms with Crippen LogP contribution in [0.3, 0.4) is 0 Å². The zero-order chi connectivity index (χ0) is 33.7. The smallest absolute Gasteiger partial charge is 0.435 e. The lowest BCUT2D eigenvalue weighted by Gasteiger charge is -2.52. The molecule has 0 radical (unpaired) electrons. The van der Waals surface area contributed by atoms with E-state index in [1.165, 1.54) is 29.2 Å². The molecule has 0 spiro atoms. The van der Waals surface area contributed by atoms with Crippen LogP contribution in [0.2, 0.25) is 5.02 Å². The van der Waals surface area contributed by atoms with Crippen LogP contribution in [-0.4, -0.2) is 67.4 Å². The van der Waals surface area contributed by atoms with E-state index in [1.54, 1.807) is 0 Å². The molecule has 2 aromatic rings. The first kappa shape index (κ1) is 33.0. The summed E-state index contributed by atoms with van der Waals surface area (Å²) in [6.07, 6.45) is -13.0. The van der Waals surface area contributed by atoms with Crippen LogP contribution in [0.1, 0.15) is 55.2 Å². The second kappa shape index (κ2) is 10.3. The van der Waals surface area contributed by atoms with Gasteiger partial charge < -0.3 is 14.7 Å². The average Bonchev–Trinajstić information content (AvgIpc) is 3.41. The lowest BCUT2D eigenvalue weighted by Crippen LogP contribution is -2.63. The van der Waals surface area contributed by atoms with Crippen LogP contribution < -0.4 is 0 Å². The Morgan fingerprint density at radius 2 is 1.52 bits per heavy atom. The number of sulfone groups is 1. The first-order valence-electron chi connectivity index (χ1n) is 14.4. The molecule has 3 heterocycles. The van der Waals surface area contributed by atoms with Crippen molar-refractivity contribution in [1.29, 1.82) is 0 Å². The predicted octanol–water partition coefficient (Wildman–Crippen LogP) is 6.26. The van der Waals surface area contributed by atoms with Gasteiger partial charge >= 0.3 is 24.0 Å². The fraction of sp³-hybridized carbons (Fsp3) is 0.533. The van der Waals surface area contributed by atoms with Crippen LogP contribution in [0.25, 0.3) is 0 Å². The molecule has 2 aliphatic carbocycles. The maximum absolute atomic E-state index is 15.1. The molecule has 3 saturated heterocycles. The molecule has 2 aromatic carbocycles. The van der Waals surface area contributed by atoms with Crippen LogP contribution in [0.15, 0.2) is 47.4 Å². The minimum atomic E-state index is -6.36.